The maximum Gasteiger partial charge on any atom is 0.262 e. The number of carbonyl (C=O) groups excluding carboxylic acids is 3. The van der Waals surface area contributed by atoms with Crippen molar-refractivity contribution < 1.29 is 14.4 Å². The van der Waals surface area contributed by atoms with Crippen molar-refractivity contribution in [3.05, 3.63) is 34.9 Å². The molecule has 1 aromatic carbocycles. The maximum atomic E-state index is 13.2. The molecule has 3 aliphatic heterocycles. The first-order valence-corrected chi connectivity index (χ1v) is 9.00. The number of imide groups is 1. The van der Waals surface area contributed by atoms with Crippen molar-refractivity contribution in [2.45, 2.75) is 51.2 Å². The van der Waals surface area contributed by atoms with Crippen molar-refractivity contribution in [3.8, 4) is 0 Å². The van der Waals surface area contributed by atoms with Gasteiger partial charge in [-0.25, -0.2) is 0 Å². The molecule has 6 nitrogen and oxygen atoms in total. The molecule has 2 fully saturated rings. The predicted molar refractivity (Wildman–Crippen MR) is 92.3 cm³/mol. The Kier molecular flexibility index (Phi) is 3.87. The quantitative estimate of drug-likeness (QED) is 0.824. The fourth-order valence-corrected chi connectivity index (χ4v) is 4.39. The average Bonchev–Trinajstić information content (AvgIpc) is 2.98. The van der Waals surface area contributed by atoms with Gasteiger partial charge in [0.1, 0.15) is 6.04 Å². The molecule has 3 heterocycles. The number of carbonyl (C=O) groups is 3. The van der Waals surface area contributed by atoms with Gasteiger partial charge in [0.2, 0.25) is 5.91 Å². The highest BCUT2D eigenvalue weighted by atomic mass is 16.2. The third kappa shape index (κ3) is 2.47. The zero-order valence-corrected chi connectivity index (χ0v) is 14.6. The number of hydrogen-bond donors (Lipinski definition) is 1. The molecule has 6 heteroatoms. The number of rotatable bonds is 2. The molecular formula is C19H23N3O3. The summed E-state index contributed by atoms with van der Waals surface area (Å²) in [5.41, 5.74) is 1.73. The van der Waals surface area contributed by atoms with Crippen LogP contribution in [-0.4, -0.2) is 58.7 Å². The summed E-state index contributed by atoms with van der Waals surface area (Å²) in [6.45, 7) is 5.26. The van der Waals surface area contributed by atoms with Crippen LogP contribution in [0.4, 0.5) is 0 Å². The first kappa shape index (κ1) is 16.3. The molecule has 0 radical (unpaired) electrons. The first-order valence-electron chi connectivity index (χ1n) is 9.00. The van der Waals surface area contributed by atoms with E-state index >= 15 is 0 Å². The fraction of sp³-hybridized carbons (Fsp3) is 0.526. The van der Waals surface area contributed by atoms with Gasteiger partial charge in [0.25, 0.3) is 11.8 Å². The Hall–Kier alpha value is -2.21. The molecule has 1 aromatic rings. The van der Waals surface area contributed by atoms with Gasteiger partial charge in [-0.3, -0.25) is 19.3 Å². The van der Waals surface area contributed by atoms with Gasteiger partial charge >= 0.3 is 0 Å². The average molecular weight is 341 g/mol. The standard InChI is InChI=1S/C19H23N3O3/c1-11-3-6-15-16(9-11)19(25)21(18(15)24)12(2)17(23)22-13-4-5-14(22)10-20-8-7-13/h3,6,9,12-14,20H,4-5,7-8,10H2,1-2H3. The van der Waals surface area contributed by atoms with Gasteiger partial charge in [0.15, 0.2) is 0 Å². The Morgan fingerprint density at radius 2 is 1.84 bits per heavy atom. The minimum absolute atomic E-state index is 0.109. The zero-order valence-electron chi connectivity index (χ0n) is 14.6. The monoisotopic (exact) mass is 341 g/mol. The van der Waals surface area contributed by atoms with E-state index in [1.54, 1.807) is 19.1 Å². The van der Waals surface area contributed by atoms with Gasteiger partial charge in [0, 0.05) is 18.6 Å². The molecule has 3 aliphatic rings. The highest BCUT2D eigenvalue weighted by molar-refractivity contribution is 6.22. The lowest BCUT2D eigenvalue weighted by Crippen LogP contribution is -2.53. The van der Waals surface area contributed by atoms with Crippen LogP contribution in [0.1, 0.15) is 52.5 Å². The number of fused-ring (bicyclic) bond motifs is 3. The van der Waals surface area contributed by atoms with Crippen LogP contribution in [0.3, 0.4) is 0 Å². The van der Waals surface area contributed by atoms with E-state index in [1.807, 2.05) is 17.9 Å². The minimum atomic E-state index is -0.770. The molecule has 132 valence electrons. The number of amides is 3. The summed E-state index contributed by atoms with van der Waals surface area (Å²) in [4.78, 5) is 41.7. The van der Waals surface area contributed by atoms with E-state index in [0.29, 0.717) is 11.1 Å². The lowest BCUT2D eigenvalue weighted by molar-refractivity contribution is -0.137. The van der Waals surface area contributed by atoms with Crippen molar-refractivity contribution in [3.63, 3.8) is 0 Å². The van der Waals surface area contributed by atoms with Gasteiger partial charge in [-0.05, 0) is 51.8 Å². The Morgan fingerprint density at radius 1 is 1.12 bits per heavy atom. The second kappa shape index (κ2) is 5.95. The van der Waals surface area contributed by atoms with E-state index in [-0.39, 0.29) is 29.8 Å². The smallest absolute Gasteiger partial charge is 0.262 e. The molecule has 0 saturated carbocycles. The van der Waals surface area contributed by atoms with Crippen LogP contribution in [0.5, 0.6) is 0 Å². The van der Waals surface area contributed by atoms with E-state index in [2.05, 4.69) is 5.32 Å². The zero-order chi connectivity index (χ0) is 17.7. The maximum absolute atomic E-state index is 13.2. The first-order chi connectivity index (χ1) is 12.0. The van der Waals surface area contributed by atoms with Gasteiger partial charge in [0.05, 0.1) is 11.1 Å². The van der Waals surface area contributed by atoms with Crippen LogP contribution in [-0.2, 0) is 4.79 Å². The lowest BCUT2D eigenvalue weighted by atomic mass is 10.1. The molecule has 0 aromatic heterocycles. The molecule has 1 N–H and O–H groups in total. The number of hydrogen-bond acceptors (Lipinski definition) is 4. The van der Waals surface area contributed by atoms with E-state index < -0.39 is 6.04 Å². The summed E-state index contributed by atoms with van der Waals surface area (Å²) in [7, 11) is 0. The largest absolute Gasteiger partial charge is 0.334 e. The summed E-state index contributed by atoms with van der Waals surface area (Å²) in [5, 5.41) is 3.37. The van der Waals surface area contributed by atoms with Crippen molar-refractivity contribution in [2.24, 2.45) is 0 Å². The van der Waals surface area contributed by atoms with Crippen LogP contribution in [0.2, 0.25) is 0 Å². The SMILES string of the molecule is Cc1ccc2c(c1)C(=O)N(C(C)C(=O)N1C3CCNCC1CC3)C2=O. The summed E-state index contributed by atoms with van der Waals surface area (Å²) >= 11 is 0. The Bertz CT molecular complexity index is 746. The van der Waals surface area contributed by atoms with Crippen molar-refractivity contribution >= 4 is 17.7 Å². The number of nitrogens with one attached hydrogen (secondary N) is 1. The Balaban J connectivity index is 1.61. The second-order valence-electron chi connectivity index (χ2n) is 7.33. The molecule has 25 heavy (non-hydrogen) atoms. The van der Waals surface area contributed by atoms with Crippen molar-refractivity contribution in [1.82, 2.24) is 15.1 Å². The van der Waals surface area contributed by atoms with Crippen LogP contribution in [0.25, 0.3) is 0 Å². The lowest BCUT2D eigenvalue weighted by Gasteiger charge is -2.33. The molecule has 3 unspecified atom stereocenters. The number of aryl methyl sites for hydroxylation is 1. The summed E-state index contributed by atoms with van der Waals surface area (Å²) in [6.07, 6.45) is 2.92. The van der Waals surface area contributed by atoms with Crippen LogP contribution in [0, 0.1) is 6.92 Å². The second-order valence-corrected chi connectivity index (χ2v) is 7.33. The normalized spacial score (nSPS) is 26.6. The molecule has 3 amide bonds. The predicted octanol–water partition coefficient (Wildman–Crippen LogP) is 1.33. The third-order valence-electron chi connectivity index (χ3n) is 5.73. The van der Waals surface area contributed by atoms with Crippen molar-refractivity contribution in [2.75, 3.05) is 13.1 Å². The van der Waals surface area contributed by atoms with Crippen molar-refractivity contribution in [1.29, 1.82) is 0 Å². The van der Waals surface area contributed by atoms with E-state index in [1.165, 1.54) is 0 Å². The molecule has 3 atom stereocenters. The van der Waals surface area contributed by atoms with E-state index in [0.717, 1.165) is 42.8 Å². The van der Waals surface area contributed by atoms with Gasteiger partial charge in [-0.15, -0.1) is 0 Å². The summed E-state index contributed by atoms with van der Waals surface area (Å²) in [6, 6.07) is 4.84. The van der Waals surface area contributed by atoms with Gasteiger partial charge < -0.3 is 10.2 Å². The Labute approximate surface area is 147 Å². The molecule has 4 rings (SSSR count). The molecular weight excluding hydrogens is 318 g/mol. The van der Waals surface area contributed by atoms with Gasteiger partial charge in [-0.2, -0.15) is 0 Å². The van der Waals surface area contributed by atoms with Gasteiger partial charge in [-0.1, -0.05) is 11.6 Å². The molecule has 0 spiro atoms. The topological polar surface area (TPSA) is 69.7 Å². The minimum Gasteiger partial charge on any atom is -0.334 e. The fourth-order valence-electron chi connectivity index (χ4n) is 4.39. The summed E-state index contributed by atoms with van der Waals surface area (Å²) < 4.78 is 0. The third-order valence-corrected chi connectivity index (χ3v) is 5.73. The highest BCUT2D eigenvalue weighted by Gasteiger charge is 2.45. The van der Waals surface area contributed by atoms with E-state index in [9.17, 15) is 14.4 Å². The van der Waals surface area contributed by atoms with Crippen LogP contribution in [0.15, 0.2) is 18.2 Å². The Morgan fingerprint density at radius 3 is 2.64 bits per heavy atom. The molecule has 2 saturated heterocycles. The highest BCUT2D eigenvalue weighted by Crippen LogP contribution is 2.31. The molecule has 0 aliphatic carbocycles. The summed E-state index contributed by atoms with van der Waals surface area (Å²) in [5.74, 6) is -0.826. The van der Waals surface area contributed by atoms with E-state index in [4.69, 9.17) is 0 Å². The number of benzene rings is 1. The number of nitrogens with zero attached hydrogens (tertiary/aromatic N) is 2. The van der Waals surface area contributed by atoms with Crippen LogP contribution >= 0.6 is 0 Å². The van der Waals surface area contributed by atoms with Crippen LogP contribution < -0.4 is 5.32 Å². The molecule has 2 bridgehead atoms.